The second-order valence-corrected chi connectivity index (χ2v) is 5.07. The number of carbonyl (C=O) groups is 2. The zero-order valence-electron chi connectivity index (χ0n) is 12.3. The highest BCUT2D eigenvalue weighted by Gasteiger charge is 2.15. The number of hydrogen-bond donors (Lipinski definition) is 3. The van der Waals surface area contributed by atoms with Crippen molar-refractivity contribution in [3.05, 3.63) is 29.8 Å². The third kappa shape index (κ3) is 5.40. The molecule has 0 bridgehead atoms. The largest absolute Gasteiger partial charge is 0.355 e. The Morgan fingerprint density at radius 3 is 2.30 bits per heavy atom. The molecule has 5 nitrogen and oxygen atoms in total. The lowest BCUT2D eigenvalue weighted by atomic mass is 10.0. The standard InChI is InChI=1S/C15H23N3O2/c1-10(11(2)16)15(20)17-9-8-13-4-6-14(7-5-13)18-12(3)19/h4-7,10-11H,8-9,16H2,1-3H3,(H,17,20)(H,18,19). The summed E-state index contributed by atoms with van der Waals surface area (Å²) in [5.41, 5.74) is 7.56. The maximum atomic E-state index is 11.7. The Hall–Kier alpha value is -1.88. The molecule has 1 aromatic carbocycles. The first-order valence-corrected chi connectivity index (χ1v) is 6.80. The van der Waals surface area contributed by atoms with Crippen LogP contribution in [0.3, 0.4) is 0 Å². The highest BCUT2D eigenvalue weighted by molar-refractivity contribution is 5.88. The second kappa shape index (κ2) is 7.65. The van der Waals surface area contributed by atoms with Gasteiger partial charge in [-0.25, -0.2) is 0 Å². The number of anilines is 1. The van der Waals surface area contributed by atoms with Gasteiger partial charge >= 0.3 is 0 Å². The summed E-state index contributed by atoms with van der Waals surface area (Å²) < 4.78 is 0. The normalized spacial score (nSPS) is 13.4. The Kier molecular flexibility index (Phi) is 6.18. The van der Waals surface area contributed by atoms with Crippen LogP contribution in [-0.4, -0.2) is 24.4 Å². The van der Waals surface area contributed by atoms with Crippen LogP contribution in [-0.2, 0) is 16.0 Å². The van der Waals surface area contributed by atoms with E-state index in [0.29, 0.717) is 6.54 Å². The lowest BCUT2D eigenvalue weighted by molar-refractivity contribution is -0.124. The van der Waals surface area contributed by atoms with Gasteiger partial charge < -0.3 is 16.4 Å². The fourth-order valence-electron chi connectivity index (χ4n) is 1.69. The van der Waals surface area contributed by atoms with E-state index in [-0.39, 0.29) is 23.8 Å². The van der Waals surface area contributed by atoms with Gasteiger partial charge in [0.2, 0.25) is 11.8 Å². The molecule has 2 amide bonds. The summed E-state index contributed by atoms with van der Waals surface area (Å²) in [4.78, 5) is 22.6. The van der Waals surface area contributed by atoms with Crippen LogP contribution >= 0.6 is 0 Å². The van der Waals surface area contributed by atoms with Crippen molar-refractivity contribution in [3.8, 4) is 0 Å². The molecule has 2 atom stereocenters. The zero-order valence-corrected chi connectivity index (χ0v) is 12.3. The molecule has 0 heterocycles. The van der Waals surface area contributed by atoms with E-state index < -0.39 is 0 Å². The number of rotatable bonds is 6. The van der Waals surface area contributed by atoms with Gasteiger partial charge in [-0.15, -0.1) is 0 Å². The molecule has 0 aliphatic carbocycles. The summed E-state index contributed by atoms with van der Waals surface area (Å²) in [6.07, 6.45) is 0.748. The Morgan fingerprint density at radius 2 is 1.80 bits per heavy atom. The predicted molar refractivity (Wildman–Crippen MR) is 80.3 cm³/mol. The number of hydrogen-bond acceptors (Lipinski definition) is 3. The molecule has 0 spiro atoms. The van der Waals surface area contributed by atoms with Crippen molar-refractivity contribution in [2.24, 2.45) is 11.7 Å². The molecule has 0 radical (unpaired) electrons. The van der Waals surface area contributed by atoms with Crippen LogP contribution in [0.1, 0.15) is 26.3 Å². The lowest BCUT2D eigenvalue weighted by Gasteiger charge is -2.15. The number of carbonyl (C=O) groups excluding carboxylic acids is 2. The highest BCUT2D eigenvalue weighted by atomic mass is 16.2. The SMILES string of the molecule is CC(=O)Nc1ccc(CCNC(=O)C(C)C(C)N)cc1. The molecule has 1 rings (SSSR count). The molecular formula is C15H23N3O2. The van der Waals surface area contributed by atoms with Crippen LogP contribution in [0.25, 0.3) is 0 Å². The van der Waals surface area contributed by atoms with Gasteiger partial charge in [-0.1, -0.05) is 19.1 Å². The lowest BCUT2D eigenvalue weighted by Crippen LogP contribution is -2.39. The minimum absolute atomic E-state index is 0.0186. The van der Waals surface area contributed by atoms with Crippen molar-refractivity contribution in [1.29, 1.82) is 0 Å². The summed E-state index contributed by atoms with van der Waals surface area (Å²) in [5.74, 6) is -0.290. The van der Waals surface area contributed by atoms with E-state index in [1.165, 1.54) is 6.92 Å². The van der Waals surface area contributed by atoms with E-state index >= 15 is 0 Å². The number of benzene rings is 1. The molecule has 1 aromatic rings. The molecule has 5 heteroatoms. The predicted octanol–water partition coefficient (Wildman–Crippen LogP) is 1.29. The topological polar surface area (TPSA) is 84.2 Å². The zero-order chi connectivity index (χ0) is 15.1. The van der Waals surface area contributed by atoms with Gasteiger partial charge in [0.05, 0.1) is 0 Å². The molecule has 0 saturated carbocycles. The van der Waals surface area contributed by atoms with Gasteiger partial charge in [-0.05, 0) is 31.0 Å². The van der Waals surface area contributed by atoms with Crippen molar-refractivity contribution >= 4 is 17.5 Å². The van der Waals surface area contributed by atoms with Gasteiger partial charge in [-0.3, -0.25) is 9.59 Å². The van der Waals surface area contributed by atoms with E-state index in [0.717, 1.165) is 17.7 Å². The van der Waals surface area contributed by atoms with Crippen LogP contribution in [0.15, 0.2) is 24.3 Å². The van der Waals surface area contributed by atoms with Crippen molar-refractivity contribution in [2.75, 3.05) is 11.9 Å². The molecule has 0 saturated heterocycles. The third-order valence-electron chi connectivity index (χ3n) is 3.19. The van der Waals surface area contributed by atoms with E-state index in [1.54, 1.807) is 0 Å². The Morgan fingerprint density at radius 1 is 1.20 bits per heavy atom. The molecule has 0 aliphatic rings. The minimum atomic E-state index is -0.183. The summed E-state index contributed by atoms with van der Waals surface area (Å²) in [7, 11) is 0. The van der Waals surface area contributed by atoms with Crippen LogP contribution in [0.4, 0.5) is 5.69 Å². The number of amides is 2. The molecule has 0 aliphatic heterocycles. The van der Waals surface area contributed by atoms with Crippen LogP contribution in [0.2, 0.25) is 0 Å². The molecule has 4 N–H and O–H groups in total. The van der Waals surface area contributed by atoms with E-state index in [9.17, 15) is 9.59 Å². The van der Waals surface area contributed by atoms with E-state index in [1.807, 2.05) is 38.1 Å². The first-order chi connectivity index (χ1) is 9.40. The minimum Gasteiger partial charge on any atom is -0.355 e. The fraction of sp³-hybridized carbons (Fsp3) is 0.467. The molecular weight excluding hydrogens is 254 g/mol. The van der Waals surface area contributed by atoms with Gasteiger partial charge in [0.15, 0.2) is 0 Å². The quantitative estimate of drug-likeness (QED) is 0.732. The second-order valence-electron chi connectivity index (χ2n) is 5.07. The molecule has 2 unspecified atom stereocenters. The highest BCUT2D eigenvalue weighted by Crippen LogP contribution is 2.09. The summed E-state index contributed by atoms with van der Waals surface area (Å²) in [6.45, 7) is 5.70. The average molecular weight is 277 g/mol. The smallest absolute Gasteiger partial charge is 0.224 e. The van der Waals surface area contributed by atoms with Crippen LogP contribution < -0.4 is 16.4 Å². The molecule has 110 valence electrons. The van der Waals surface area contributed by atoms with Crippen molar-refractivity contribution in [3.63, 3.8) is 0 Å². The first-order valence-electron chi connectivity index (χ1n) is 6.80. The monoisotopic (exact) mass is 277 g/mol. The first kappa shape index (κ1) is 16.2. The maximum Gasteiger partial charge on any atom is 0.224 e. The molecule has 0 fully saturated rings. The van der Waals surface area contributed by atoms with Crippen LogP contribution in [0, 0.1) is 5.92 Å². The fourth-order valence-corrected chi connectivity index (χ4v) is 1.69. The molecule has 0 aromatic heterocycles. The summed E-state index contributed by atoms with van der Waals surface area (Å²) >= 11 is 0. The molecule has 20 heavy (non-hydrogen) atoms. The van der Waals surface area contributed by atoms with Gasteiger partial charge in [0.1, 0.15) is 0 Å². The van der Waals surface area contributed by atoms with Crippen LogP contribution in [0.5, 0.6) is 0 Å². The van der Waals surface area contributed by atoms with Crippen molar-refractivity contribution in [1.82, 2.24) is 5.32 Å². The average Bonchev–Trinajstić information content (AvgIpc) is 2.39. The maximum absolute atomic E-state index is 11.7. The van der Waals surface area contributed by atoms with Crippen molar-refractivity contribution in [2.45, 2.75) is 33.2 Å². The Labute approximate surface area is 119 Å². The van der Waals surface area contributed by atoms with E-state index in [2.05, 4.69) is 10.6 Å². The number of nitrogens with one attached hydrogen (secondary N) is 2. The Balaban J connectivity index is 2.39. The van der Waals surface area contributed by atoms with Gasteiger partial charge in [-0.2, -0.15) is 0 Å². The number of nitrogens with two attached hydrogens (primary N) is 1. The van der Waals surface area contributed by atoms with Gasteiger partial charge in [0.25, 0.3) is 0 Å². The Bertz CT molecular complexity index is 455. The van der Waals surface area contributed by atoms with Crippen molar-refractivity contribution < 1.29 is 9.59 Å². The van der Waals surface area contributed by atoms with Gasteiger partial charge in [0, 0.05) is 31.1 Å². The summed E-state index contributed by atoms with van der Waals surface area (Å²) in [5, 5.41) is 5.58. The summed E-state index contributed by atoms with van der Waals surface area (Å²) in [6, 6.07) is 7.43. The third-order valence-corrected chi connectivity index (χ3v) is 3.19. The van der Waals surface area contributed by atoms with E-state index in [4.69, 9.17) is 5.73 Å².